The summed E-state index contributed by atoms with van der Waals surface area (Å²) in [7, 11) is -1.19. The molecule has 1 saturated heterocycles. The van der Waals surface area contributed by atoms with E-state index in [1.807, 2.05) is 0 Å². The molecule has 8 heteroatoms. The Hall–Kier alpha value is -1.54. The van der Waals surface area contributed by atoms with Gasteiger partial charge in [-0.1, -0.05) is 0 Å². The minimum Gasteiger partial charge on any atom is -0.399 e. The number of hydrogen-bond donors (Lipinski definition) is 1. The summed E-state index contributed by atoms with van der Waals surface area (Å²) in [4.78, 5) is 12.3. The monoisotopic (exact) mass is 369 g/mol. The zero-order chi connectivity index (χ0) is 19.3. The van der Waals surface area contributed by atoms with Crippen molar-refractivity contribution < 1.29 is 27.3 Å². The Morgan fingerprint density at radius 3 is 2.27 bits per heavy atom. The van der Waals surface area contributed by atoms with E-state index >= 15 is 0 Å². The second-order valence-electron chi connectivity index (χ2n) is 8.04. The minimum absolute atomic E-state index is 0.170. The predicted molar refractivity (Wildman–Crippen MR) is 92.2 cm³/mol. The molecular formula is C18H23BF3NO3. The molecule has 1 amide bonds. The topological polar surface area (TPSA) is 47.6 Å². The van der Waals surface area contributed by atoms with Crippen molar-refractivity contribution in [3.05, 3.63) is 29.3 Å². The van der Waals surface area contributed by atoms with Crippen molar-refractivity contribution >= 4 is 18.5 Å². The van der Waals surface area contributed by atoms with Gasteiger partial charge in [0.1, 0.15) is 0 Å². The van der Waals surface area contributed by atoms with Gasteiger partial charge in [0.25, 0.3) is 5.91 Å². The number of rotatable bonds is 4. The number of nitrogens with one attached hydrogen (secondary N) is 1. The number of hydrogen-bond acceptors (Lipinski definition) is 3. The maximum absolute atomic E-state index is 13.5. The SMILES string of the molecule is CC1(C)OB(c2cc(C(=O)NCC3CC3)ccc2C(F)(F)F)OC1(C)C. The second kappa shape index (κ2) is 6.27. The summed E-state index contributed by atoms with van der Waals surface area (Å²) < 4.78 is 52.0. The number of benzene rings is 1. The van der Waals surface area contributed by atoms with E-state index < -0.39 is 30.1 Å². The normalized spacial score (nSPS) is 21.7. The average Bonchev–Trinajstić information content (AvgIpc) is 3.30. The third kappa shape index (κ3) is 3.76. The Morgan fingerprint density at radius 2 is 1.77 bits per heavy atom. The van der Waals surface area contributed by atoms with Crippen molar-refractivity contribution in [2.45, 2.75) is 57.9 Å². The van der Waals surface area contributed by atoms with Gasteiger partial charge in [-0.05, 0) is 70.1 Å². The fraction of sp³-hybridized carbons (Fsp3) is 0.611. The molecular weight excluding hydrogens is 346 g/mol. The molecule has 4 nitrogen and oxygen atoms in total. The Morgan fingerprint density at radius 1 is 1.19 bits per heavy atom. The van der Waals surface area contributed by atoms with Crippen molar-refractivity contribution in [1.29, 1.82) is 0 Å². The summed E-state index contributed by atoms with van der Waals surface area (Å²) in [6.07, 6.45) is -2.42. The lowest BCUT2D eigenvalue weighted by Crippen LogP contribution is -2.41. The van der Waals surface area contributed by atoms with Crippen LogP contribution in [-0.2, 0) is 15.5 Å². The minimum atomic E-state index is -4.57. The molecule has 1 aliphatic carbocycles. The fourth-order valence-corrected chi connectivity index (χ4v) is 2.79. The van der Waals surface area contributed by atoms with Crippen molar-refractivity contribution in [2.24, 2.45) is 5.92 Å². The summed E-state index contributed by atoms with van der Waals surface area (Å²) in [5.41, 5.74) is -2.40. The van der Waals surface area contributed by atoms with Crippen LogP contribution in [0.15, 0.2) is 18.2 Å². The predicted octanol–water partition coefficient (Wildman–Crippen LogP) is 3.14. The van der Waals surface area contributed by atoms with E-state index in [0.717, 1.165) is 18.9 Å². The number of amides is 1. The Bertz CT molecular complexity index is 698. The molecule has 26 heavy (non-hydrogen) atoms. The number of alkyl halides is 3. The Balaban J connectivity index is 1.92. The summed E-state index contributed by atoms with van der Waals surface area (Å²) in [5.74, 6) is 0.0966. The maximum atomic E-state index is 13.5. The van der Waals surface area contributed by atoms with Gasteiger partial charge < -0.3 is 14.6 Å². The van der Waals surface area contributed by atoms with Crippen LogP contribution in [0.3, 0.4) is 0 Å². The van der Waals surface area contributed by atoms with Gasteiger partial charge in [0.2, 0.25) is 0 Å². The molecule has 0 atom stereocenters. The van der Waals surface area contributed by atoms with Gasteiger partial charge in [0, 0.05) is 12.1 Å². The standard InChI is InChI=1S/C18H23BF3NO3/c1-16(2)17(3,4)26-19(25-16)14-9-12(7-8-13(14)18(20,21)22)15(24)23-10-11-5-6-11/h7-9,11H,5-6,10H2,1-4H3,(H,23,24). The van der Waals surface area contributed by atoms with Crippen LogP contribution in [-0.4, -0.2) is 30.8 Å². The van der Waals surface area contributed by atoms with Gasteiger partial charge in [-0.3, -0.25) is 4.79 Å². The molecule has 1 aromatic rings. The lowest BCUT2D eigenvalue weighted by molar-refractivity contribution is -0.136. The highest BCUT2D eigenvalue weighted by Crippen LogP contribution is 2.38. The summed E-state index contributed by atoms with van der Waals surface area (Å²) in [6.45, 7) is 7.63. The lowest BCUT2D eigenvalue weighted by Gasteiger charge is -2.32. The molecule has 0 unspecified atom stereocenters. The van der Waals surface area contributed by atoms with Gasteiger partial charge >= 0.3 is 13.3 Å². The van der Waals surface area contributed by atoms with E-state index in [2.05, 4.69) is 5.32 Å². The molecule has 0 radical (unpaired) electrons. The molecule has 1 heterocycles. The van der Waals surface area contributed by atoms with Gasteiger partial charge in [0.05, 0.1) is 16.8 Å². The molecule has 0 spiro atoms. The number of carbonyl (C=O) groups is 1. The molecule has 1 aliphatic heterocycles. The van der Waals surface area contributed by atoms with E-state index in [-0.39, 0.29) is 16.9 Å². The summed E-state index contributed by atoms with van der Waals surface area (Å²) in [5, 5.41) is 2.77. The molecule has 142 valence electrons. The molecule has 2 aliphatic rings. The summed E-state index contributed by atoms with van der Waals surface area (Å²) >= 11 is 0. The molecule has 3 rings (SSSR count). The first-order valence-electron chi connectivity index (χ1n) is 8.76. The highest BCUT2D eigenvalue weighted by molar-refractivity contribution is 6.62. The van der Waals surface area contributed by atoms with Gasteiger partial charge in [0.15, 0.2) is 0 Å². The van der Waals surface area contributed by atoms with E-state index in [4.69, 9.17) is 9.31 Å². The van der Waals surface area contributed by atoms with Crippen molar-refractivity contribution in [3.63, 3.8) is 0 Å². The smallest absolute Gasteiger partial charge is 0.399 e. The number of carbonyl (C=O) groups excluding carboxylic acids is 1. The largest absolute Gasteiger partial charge is 0.495 e. The molecule has 0 aromatic heterocycles. The van der Waals surface area contributed by atoms with Crippen LogP contribution in [0, 0.1) is 5.92 Å². The van der Waals surface area contributed by atoms with Crippen LogP contribution in [0.4, 0.5) is 13.2 Å². The molecule has 2 fully saturated rings. The molecule has 1 saturated carbocycles. The van der Waals surface area contributed by atoms with E-state index in [1.165, 1.54) is 12.1 Å². The third-order valence-electron chi connectivity index (χ3n) is 5.37. The first kappa shape index (κ1) is 19.2. The first-order chi connectivity index (χ1) is 11.9. The average molecular weight is 369 g/mol. The Labute approximate surface area is 151 Å². The van der Waals surface area contributed by atoms with Crippen LogP contribution < -0.4 is 10.8 Å². The van der Waals surface area contributed by atoms with Crippen LogP contribution >= 0.6 is 0 Å². The zero-order valence-electron chi connectivity index (χ0n) is 15.4. The number of halogens is 3. The molecule has 1 aromatic carbocycles. The highest BCUT2D eigenvalue weighted by atomic mass is 19.4. The van der Waals surface area contributed by atoms with E-state index in [9.17, 15) is 18.0 Å². The van der Waals surface area contributed by atoms with E-state index in [1.54, 1.807) is 27.7 Å². The fourth-order valence-electron chi connectivity index (χ4n) is 2.79. The third-order valence-corrected chi connectivity index (χ3v) is 5.37. The maximum Gasteiger partial charge on any atom is 0.495 e. The Kier molecular flexibility index (Phi) is 4.64. The van der Waals surface area contributed by atoms with Crippen molar-refractivity contribution in [3.8, 4) is 0 Å². The molecule has 1 N–H and O–H groups in total. The summed E-state index contributed by atoms with van der Waals surface area (Å²) in [6, 6.07) is 3.35. The highest BCUT2D eigenvalue weighted by Gasteiger charge is 2.53. The zero-order valence-corrected chi connectivity index (χ0v) is 15.4. The van der Waals surface area contributed by atoms with Gasteiger partial charge in [-0.2, -0.15) is 13.2 Å². The van der Waals surface area contributed by atoms with Crippen LogP contribution in [0.25, 0.3) is 0 Å². The van der Waals surface area contributed by atoms with Crippen LogP contribution in [0.2, 0.25) is 0 Å². The van der Waals surface area contributed by atoms with Crippen molar-refractivity contribution in [1.82, 2.24) is 5.32 Å². The van der Waals surface area contributed by atoms with Crippen molar-refractivity contribution in [2.75, 3.05) is 6.54 Å². The van der Waals surface area contributed by atoms with E-state index in [0.29, 0.717) is 12.5 Å². The van der Waals surface area contributed by atoms with Crippen LogP contribution in [0.1, 0.15) is 56.5 Å². The quantitative estimate of drug-likeness (QED) is 0.830. The van der Waals surface area contributed by atoms with Gasteiger partial charge in [-0.15, -0.1) is 0 Å². The first-order valence-corrected chi connectivity index (χ1v) is 8.76. The van der Waals surface area contributed by atoms with Crippen LogP contribution in [0.5, 0.6) is 0 Å². The molecule has 0 bridgehead atoms. The second-order valence-corrected chi connectivity index (χ2v) is 8.04. The van der Waals surface area contributed by atoms with Gasteiger partial charge in [-0.25, -0.2) is 0 Å². The lowest BCUT2D eigenvalue weighted by atomic mass is 9.75.